The molecule has 2 aromatic heterocycles. The van der Waals surface area contributed by atoms with Gasteiger partial charge < -0.3 is 16.4 Å². The van der Waals surface area contributed by atoms with Gasteiger partial charge in [-0.15, -0.1) is 0 Å². The van der Waals surface area contributed by atoms with Crippen molar-refractivity contribution in [2.24, 2.45) is 18.7 Å². The molecule has 29 heavy (non-hydrogen) atoms. The molecule has 0 unspecified atom stereocenters. The number of aromatic nitrogens is 4. The highest BCUT2D eigenvalue weighted by atomic mass is 35.5. The molecule has 0 atom stereocenters. The number of rotatable bonds is 9. The van der Waals surface area contributed by atoms with Crippen LogP contribution < -0.4 is 16.4 Å². The minimum Gasteiger partial charge on any atom is -0.351 e. The molecule has 158 valence electrons. The van der Waals surface area contributed by atoms with Gasteiger partial charge in [-0.3, -0.25) is 4.68 Å². The maximum absolute atomic E-state index is 6.48. The van der Waals surface area contributed by atoms with Crippen molar-refractivity contribution in [2.45, 2.75) is 63.5 Å². The second kappa shape index (κ2) is 9.41. The molecular weight excluding hydrogens is 386 g/mol. The lowest BCUT2D eigenvalue weighted by atomic mass is 9.91. The normalized spacial score (nSPS) is 22.0. The standard InChI is InChI=1S/C21H32ClN7/c1-29-19(11-14-3-4-14)17(12-26-29)20-18(22)13-25-21(28-20)27-16-7-5-15(6-8-16)24-10-2-9-23/h12-16,24H,2-11,23H2,1H3,(H,25,27,28). The number of nitrogens with zero attached hydrogens (tertiary/aromatic N) is 4. The van der Waals surface area contributed by atoms with Crippen LogP contribution in [-0.4, -0.2) is 44.9 Å². The van der Waals surface area contributed by atoms with Crippen LogP contribution in [0.2, 0.25) is 5.02 Å². The lowest BCUT2D eigenvalue weighted by molar-refractivity contribution is 0.353. The van der Waals surface area contributed by atoms with Gasteiger partial charge in [0.15, 0.2) is 0 Å². The Hall–Kier alpha value is -1.70. The van der Waals surface area contributed by atoms with Gasteiger partial charge >= 0.3 is 0 Å². The highest BCUT2D eigenvalue weighted by molar-refractivity contribution is 6.32. The van der Waals surface area contributed by atoms with Crippen molar-refractivity contribution < 1.29 is 0 Å². The Morgan fingerprint density at radius 1 is 1.14 bits per heavy atom. The predicted molar refractivity (Wildman–Crippen MR) is 117 cm³/mol. The van der Waals surface area contributed by atoms with Gasteiger partial charge in [-0.05, 0) is 70.4 Å². The van der Waals surface area contributed by atoms with Gasteiger partial charge in [-0.1, -0.05) is 11.6 Å². The van der Waals surface area contributed by atoms with Gasteiger partial charge in [0.2, 0.25) is 5.95 Å². The second-order valence-corrected chi connectivity index (χ2v) is 8.86. The van der Waals surface area contributed by atoms with Crippen LogP contribution in [0, 0.1) is 5.92 Å². The third-order valence-corrected chi connectivity index (χ3v) is 6.39. The molecule has 2 fully saturated rings. The van der Waals surface area contributed by atoms with E-state index in [1.54, 1.807) is 6.20 Å². The molecule has 0 radical (unpaired) electrons. The van der Waals surface area contributed by atoms with E-state index in [2.05, 4.69) is 20.7 Å². The zero-order chi connectivity index (χ0) is 20.2. The molecule has 4 rings (SSSR count). The Kier molecular flexibility index (Phi) is 6.67. The number of anilines is 1. The van der Waals surface area contributed by atoms with Crippen LogP contribution in [0.1, 0.15) is 50.6 Å². The molecule has 0 aromatic carbocycles. The zero-order valence-electron chi connectivity index (χ0n) is 17.2. The Bertz CT molecular complexity index is 809. The van der Waals surface area contributed by atoms with E-state index in [4.69, 9.17) is 22.3 Å². The van der Waals surface area contributed by atoms with Crippen molar-refractivity contribution >= 4 is 17.5 Å². The second-order valence-electron chi connectivity index (χ2n) is 8.46. The van der Waals surface area contributed by atoms with Crippen molar-refractivity contribution in [1.82, 2.24) is 25.1 Å². The van der Waals surface area contributed by atoms with Crippen molar-refractivity contribution in [2.75, 3.05) is 18.4 Å². The third kappa shape index (κ3) is 5.27. The first-order valence-corrected chi connectivity index (χ1v) is 11.3. The summed E-state index contributed by atoms with van der Waals surface area (Å²) in [6.45, 7) is 1.76. The number of hydrogen-bond acceptors (Lipinski definition) is 6. The summed E-state index contributed by atoms with van der Waals surface area (Å²) in [5.74, 6) is 1.43. The summed E-state index contributed by atoms with van der Waals surface area (Å²) < 4.78 is 1.96. The number of nitrogens with two attached hydrogens (primary N) is 1. The Morgan fingerprint density at radius 3 is 2.62 bits per heavy atom. The zero-order valence-corrected chi connectivity index (χ0v) is 18.0. The average Bonchev–Trinajstić information content (AvgIpc) is 3.48. The van der Waals surface area contributed by atoms with Crippen molar-refractivity contribution in [1.29, 1.82) is 0 Å². The highest BCUT2D eigenvalue weighted by Crippen LogP contribution is 2.37. The van der Waals surface area contributed by atoms with E-state index < -0.39 is 0 Å². The van der Waals surface area contributed by atoms with E-state index in [0.29, 0.717) is 23.1 Å². The molecule has 2 aromatic rings. The minimum absolute atomic E-state index is 0.399. The number of hydrogen-bond donors (Lipinski definition) is 3. The molecule has 4 N–H and O–H groups in total. The molecule has 2 aliphatic carbocycles. The summed E-state index contributed by atoms with van der Waals surface area (Å²) in [6, 6.07) is 0.998. The summed E-state index contributed by atoms with van der Waals surface area (Å²) in [5.41, 5.74) is 8.60. The molecule has 8 heteroatoms. The van der Waals surface area contributed by atoms with E-state index in [9.17, 15) is 0 Å². The van der Waals surface area contributed by atoms with E-state index in [0.717, 1.165) is 68.8 Å². The predicted octanol–water partition coefficient (Wildman–Crippen LogP) is 3.14. The number of nitrogens with one attached hydrogen (secondary N) is 2. The van der Waals surface area contributed by atoms with Gasteiger partial charge in [0.05, 0.1) is 23.1 Å². The van der Waals surface area contributed by atoms with Crippen LogP contribution in [0.25, 0.3) is 11.3 Å². The first-order valence-electron chi connectivity index (χ1n) is 10.9. The SMILES string of the molecule is Cn1ncc(-c2nc(NC3CCC(NCCCN)CC3)ncc2Cl)c1CC1CC1. The summed E-state index contributed by atoms with van der Waals surface area (Å²) in [7, 11) is 2.00. The Balaban J connectivity index is 1.41. The fourth-order valence-electron chi connectivity index (χ4n) is 4.16. The number of halogens is 1. The molecule has 0 spiro atoms. The van der Waals surface area contributed by atoms with E-state index in [1.807, 2.05) is 17.9 Å². The fraction of sp³-hybridized carbons (Fsp3) is 0.667. The third-order valence-electron chi connectivity index (χ3n) is 6.11. The summed E-state index contributed by atoms with van der Waals surface area (Å²) >= 11 is 6.48. The average molecular weight is 418 g/mol. The Labute approximate surface area is 177 Å². The van der Waals surface area contributed by atoms with E-state index in [-0.39, 0.29) is 0 Å². The van der Waals surface area contributed by atoms with Crippen molar-refractivity contribution in [3.05, 3.63) is 23.1 Å². The number of aryl methyl sites for hydroxylation is 1. The molecule has 2 heterocycles. The quantitative estimate of drug-likeness (QED) is 0.542. The van der Waals surface area contributed by atoms with Gasteiger partial charge in [0.25, 0.3) is 0 Å². The summed E-state index contributed by atoms with van der Waals surface area (Å²) in [5, 5.41) is 12.2. The molecular formula is C21H32ClN7. The summed E-state index contributed by atoms with van der Waals surface area (Å²) in [6.07, 6.45) is 12.8. The van der Waals surface area contributed by atoms with E-state index >= 15 is 0 Å². The van der Waals surface area contributed by atoms with Crippen LogP contribution in [0.3, 0.4) is 0 Å². The maximum Gasteiger partial charge on any atom is 0.223 e. The van der Waals surface area contributed by atoms with Crippen LogP contribution in [-0.2, 0) is 13.5 Å². The fourth-order valence-corrected chi connectivity index (χ4v) is 4.35. The molecule has 0 saturated heterocycles. The van der Waals surface area contributed by atoms with Crippen LogP contribution in [0.4, 0.5) is 5.95 Å². The molecule has 7 nitrogen and oxygen atoms in total. The minimum atomic E-state index is 0.399. The van der Waals surface area contributed by atoms with Crippen LogP contribution in [0.5, 0.6) is 0 Å². The van der Waals surface area contributed by atoms with Crippen molar-refractivity contribution in [3.8, 4) is 11.3 Å². The highest BCUT2D eigenvalue weighted by Gasteiger charge is 2.26. The monoisotopic (exact) mass is 417 g/mol. The molecule has 0 aliphatic heterocycles. The first-order chi connectivity index (χ1) is 14.1. The summed E-state index contributed by atoms with van der Waals surface area (Å²) in [4.78, 5) is 9.22. The molecule has 2 aliphatic rings. The van der Waals surface area contributed by atoms with Gasteiger partial charge in [0.1, 0.15) is 0 Å². The first kappa shape index (κ1) is 20.6. The maximum atomic E-state index is 6.48. The smallest absolute Gasteiger partial charge is 0.223 e. The van der Waals surface area contributed by atoms with Crippen LogP contribution in [0.15, 0.2) is 12.4 Å². The molecule has 0 bridgehead atoms. The van der Waals surface area contributed by atoms with Crippen LogP contribution >= 0.6 is 11.6 Å². The lowest BCUT2D eigenvalue weighted by Crippen LogP contribution is -2.38. The van der Waals surface area contributed by atoms with Crippen molar-refractivity contribution in [3.63, 3.8) is 0 Å². The Morgan fingerprint density at radius 2 is 1.90 bits per heavy atom. The topological polar surface area (TPSA) is 93.7 Å². The van der Waals surface area contributed by atoms with E-state index in [1.165, 1.54) is 18.5 Å². The molecule has 0 amide bonds. The largest absolute Gasteiger partial charge is 0.351 e. The van der Waals surface area contributed by atoms with Gasteiger partial charge in [-0.25, -0.2) is 9.97 Å². The van der Waals surface area contributed by atoms with Gasteiger partial charge in [-0.2, -0.15) is 5.10 Å². The van der Waals surface area contributed by atoms with Gasteiger partial charge in [0, 0.05) is 30.4 Å². The molecule has 2 saturated carbocycles. The lowest BCUT2D eigenvalue weighted by Gasteiger charge is -2.29.